The summed E-state index contributed by atoms with van der Waals surface area (Å²) in [5.41, 5.74) is 1.47. The highest BCUT2D eigenvalue weighted by Crippen LogP contribution is 2.36. The van der Waals surface area contributed by atoms with E-state index in [4.69, 9.17) is 18.9 Å². The van der Waals surface area contributed by atoms with Crippen molar-refractivity contribution in [3.05, 3.63) is 66.2 Å². The smallest absolute Gasteiger partial charge is 0.323 e. The fraction of sp³-hybridized carbons (Fsp3) is 0.286. The van der Waals surface area contributed by atoms with Crippen LogP contribution in [-0.4, -0.2) is 56.9 Å². The quantitative estimate of drug-likeness (QED) is 0.329. The summed E-state index contributed by atoms with van der Waals surface area (Å²) in [6, 6.07) is 16.8. The number of carbonyl (C=O) groups excluding carboxylic acids is 2. The molecule has 1 aliphatic heterocycles. The maximum atomic E-state index is 12.6. The topological polar surface area (TPSA) is 110 Å². The summed E-state index contributed by atoms with van der Waals surface area (Å²) in [6.45, 7) is 7.53. The van der Waals surface area contributed by atoms with E-state index in [1.165, 1.54) is 7.11 Å². The molecule has 0 saturated carbocycles. The highest BCUT2D eigenvalue weighted by molar-refractivity contribution is 6.01. The molecule has 3 amide bonds. The molecule has 0 unspecified atom stereocenters. The van der Waals surface area contributed by atoms with E-state index >= 15 is 0 Å². The van der Waals surface area contributed by atoms with Gasteiger partial charge in [-0.3, -0.25) is 4.79 Å². The Morgan fingerprint density at radius 2 is 1.55 bits per heavy atom. The Morgan fingerprint density at radius 3 is 2.29 bits per heavy atom. The van der Waals surface area contributed by atoms with E-state index in [-0.39, 0.29) is 12.7 Å². The summed E-state index contributed by atoms with van der Waals surface area (Å²) in [5.74, 6) is 2.68. The van der Waals surface area contributed by atoms with Gasteiger partial charge in [0.15, 0.2) is 11.5 Å². The Morgan fingerprint density at radius 1 is 0.868 bits per heavy atom. The molecule has 0 fully saturated rings. The lowest BCUT2D eigenvalue weighted by atomic mass is 10.1. The van der Waals surface area contributed by atoms with Crippen LogP contribution in [0.15, 0.2) is 60.7 Å². The van der Waals surface area contributed by atoms with E-state index in [1.807, 2.05) is 0 Å². The van der Waals surface area contributed by atoms with Crippen molar-refractivity contribution in [2.45, 2.75) is 13.8 Å². The number of amides is 3. The second kappa shape index (κ2) is 12.7. The number of fused-ring (bicyclic) bond motifs is 1. The molecule has 0 bridgehead atoms. The van der Waals surface area contributed by atoms with Gasteiger partial charge in [0.1, 0.15) is 17.2 Å². The fourth-order valence-corrected chi connectivity index (χ4v) is 3.90. The molecule has 3 aromatic carbocycles. The van der Waals surface area contributed by atoms with Crippen molar-refractivity contribution >= 4 is 23.3 Å². The van der Waals surface area contributed by atoms with Crippen molar-refractivity contribution in [1.29, 1.82) is 0 Å². The van der Waals surface area contributed by atoms with Crippen molar-refractivity contribution in [2.75, 3.05) is 50.7 Å². The van der Waals surface area contributed by atoms with E-state index in [2.05, 4.69) is 34.7 Å². The average Bonchev–Trinajstić information content (AvgIpc) is 3.40. The lowest BCUT2D eigenvalue weighted by Crippen LogP contribution is -2.34. The molecule has 0 aromatic heterocycles. The zero-order valence-corrected chi connectivity index (χ0v) is 21.7. The van der Waals surface area contributed by atoms with Gasteiger partial charge in [0.05, 0.1) is 12.7 Å². The minimum atomic E-state index is -0.437. The number of ether oxygens (including phenoxy) is 4. The number of anilines is 2. The first-order valence-corrected chi connectivity index (χ1v) is 12.4. The zero-order valence-electron chi connectivity index (χ0n) is 21.7. The summed E-state index contributed by atoms with van der Waals surface area (Å²) in [7, 11) is 1.49. The van der Waals surface area contributed by atoms with Crippen LogP contribution in [0.3, 0.4) is 0 Å². The summed E-state index contributed by atoms with van der Waals surface area (Å²) < 4.78 is 21.9. The first-order valence-electron chi connectivity index (χ1n) is 12.4. The van der Waals surface area contributed by atoms with E-state index < -0.39 is 6.03 Å². The van der Waals surface area contributed by atoms with E-state index in [0.29, 0.717) is 52.2 Å². The number of benzene rings is 3. The van der Waals surface area contributed by atoms with Gasteiger partial charge in [0.25, 0.3) is 5.91 Å². The monoisotopic (exact) mass is 520 g/mol. The molecule has 0 spiro atoms. The van der Waals surface area contributed by atoms with Crippen LogP contribution >= 0.6 is 0 Å². The van der Waals surface area contributed by atoms with Crippen LogP contribution in [0.2, 0.25) is 0 Å². The molecule has 38 heavy (non-hydrogen) atoms. The highest BCUT2D eigenvalue weighted by Gasteiger charge is 2.15. The highest BCUT2D eigenvalue weighted by atomic mass is 16.7. The summed E-state index contributed by atoms with van der Waals surface area (Å²) in [4.78, 5) is 27.4. The predicted molar refractivity (Wildman–Crippen MR) is 145 cm³/mol. The van der Waals surface area contributed by atoms with Crippen LogP contribution in [0.5, 0.6) is 28.7 Å². The minimum absolute atomic E-state index is 0.199. The summed E-state index contributed by atoms with van der Waals surface area (Å²) >= 11 is 0. The van der Waals surface area contributed by atoms with Gasteiger partial charge in [-0.05, 0) is 61.6 Å². The number of methoxy groups -OCH3 is 1. The molecule has 10 heteroatoms. The molecular formula is C28H32N4O6. The largest absolute Gasteiger partial charge is 0.496 e. The van der Waals surface area contributed by atoms with Crippen molar-refractivity contribution in [3.8, 4) is 28.7 Å². The Labute approximate surface area is 221 Å². The summed E-state index contributed by atoms with van der Waals surface area (Å²) in [5, 5.41) is 8.44. The molecule has 0 aliphatic carbocycles. The molecule has 200 valence electrons. The van der Waals surface area contributed by atoms with Gasteiger partial charge in [-0.1, -0.05) is 13.8 Å². The lowest BCUT2D eigenvalue weighted by Gasteiger charge is -2.18. The third-order valence-electron chi connectivity index (χ3n) is 6.00. The Balaban J connectivity index is 1.30. The molecule has 3 aromatic rings. The maximum absolute atomic E-state index is 12.6. The third-order valence-corrected chi connectivity index (χ3v) is 6.00. The zero-order chi connectivity index (χ0) is 26.9. The number of carbonyl (C=O) groups is 2. The molecule has 3 N–H and O–H groups in total. The van der Waals surface area contributed by atoms with Crippen LogP contribution in [0.4, 0.5) is 16.2 Å². The van der Waals surface area contributed by atoms with Gasteiger partial charge in [0.2, 0.25) is 6.79 Å². The standard InChI is InChI=1S/C28H32N4O6/c1-4-32(5-2)15-14-29-27(33)23-12-8-20(16-25(23)35-3)31-28(34)30-19-6-9-21(10-7-19)38-22-11-13-24-26(17-22)37-18-36-24/h6-13,16-17H,4-5,14-15,18H2,1-3H3,(H,29,33)(H2,30,31,34). The van der Waals surface area contributed by atoms with Gasteiger partial charge in [-0.15, -0.1) is 0 Å². The number of urea groups is 1. The van der Waals surface area contributed by atoms with Gasteiger partial charge < -0.3 is 39.8 Å². The normalized spacial score (nSPS) is 11.7. The van der Waals surface area contributed by atoms with Crippen LogP contribution in [0.25, 0.3) is 0 Å². The molecule has 0 saturated heterocycles. The van der Waals surface area contributed by atoms with Gasteiger partial charge >= 0.3 is 6.03 Å². The molecule has 1 aliphatic rings. The summed E-state index contributed by atoms with van der Waals surface area (Å²) in [6.07, 6.45) is 0. The van der Waals surface area contributed by atoms with Crippen molar-refractivity contribution in [1.82, 2.24) is 10.2 Å². The predicted octanol–water partition coefficient (Wildman–Crippen LogP) is 4.93. The van der Waals surface area contributed by atoms with E-state index in [1.54, 1.807) is 60.7 Å². The second-order valence-electron chi connectivity index (χ2n) is 8.42. The molecular weight excluding hydrogens is 488 g/mol. The molecule has 0 atom stereocenters. The number of nitrogens with zero attached hydrogens (tertiary/aromatic N) is 1. The Hall–Kier alpha value is -4.44. The number of hydrogen-bond donors (Lipinski definition) is 3. The second-order valence-corrected chi connectivity index (χ2v) is 8.42. The molecule has 1 heterocycles. The van der Waals surface area contributed by atoms with Crippen molar-refractivity contribution in [2.24, 2.45) is 0 Å². The first kappa shape index (κ1) is 26.6. The maximum Gasteiger partial charge on any atom is 0.323 e. The number of rotatable bonds is 11. The average molecular weight is 521 g/mol. The number of nitrogens with one attached hydrogen (secondary N) is 3. The van der Waals surface area contributed by atoms with Crippen molar-refractivity contribution in [3.63, 3.8) is 0 Å². The van der Waals surface area contributed by atoms with Crippen molar-refractivity contribution < 1.29 is 28.5 Å². The van der Waals surface area contributed by atoms with E-state index in [9.17, 15) is 9.59 Å². The number of hydrogen-bond acceptors (Lipinski definition) is 7. The first-order chi connectivity index (χ1) is 18.5. The molecule has 10 nitrogen and oxygen atoms in total. The minimum Gasteiger partial charge on any atom is -0.496 e. The van der Waals surface area contributed by atoms with Crippen LogP contribution in [-0.2, 0) is 0 Å². The number of likely N-dealkylation sites (N-methyl/N-ethyl adjacent to an activating group) is 1. The van der Waals surface area contributed by atoms with Gasteiger partial charge in [-0.25, -0.2) is 4.79 Å². The third kappa shape index (κ3) is 6.86. The lowest BCUT2D eigenvalue weighted by molar-refractivity contribution is 0.0946. The van der Waals surface area contributed by atoms with Gasteiger partial charge in [-0.2, -0.15) is 0 Å². The molecule has 4 rings (SSSR count). The van der Waals surface area contributed by atoms with Crippen LogP contribution in [0.1, 0.15) is 24.2 Å². The van der Waals surface area contributed by atoms with Gasteiger partial charge in [0, 0.05) is 36.6 Å². The Kier molecular flexibility index (Phi) is 8.89. The van der Waals surface area contributed by atoms with Crippen LogP contribution < -0.4 is 34.9 Å². The fourth-order valence-electron chi connectivity index (χ4n) is 3.90. The molecule has 0 radical (unpaired) electrons. The SMILES string of the molecule is CCN(CC)CCNC(=O)c1ccc(NC(=O)Nc2ccc(Oc3ccc4c(c3)OCO4)cc2)cc1OC. The van der Waals surface area contributed by atoms with E-state index in [0.717, 1.165) is 19.6 Å². The Bertz CT molecular complexity index is 1260. The van der Waals surface area contributed by atoms with Crippen LogP contribution in [0, 0.1) is 0 Å².